The van der Waals surface area contributed by atoms with Crippen molar-refractivity contribution in [1.82, 2.24) is 0 Å². The standard InChI is InChI=1S/C19H20Cl2N2O3/c20-13-6-7-17(21)18(9-13)23-19(24)11-22-14-3-1-4-15(10-14)26-12-16-5-2-8-25-16/h1,3-4,6-7,9-10,16,22H,2,5,8,11-12H2,(H,23,24). The molecule has 2 aromatic carbocycles. The first kappa shape index (κ1) is 18.8. The van der Waals surface area contributed by atoms with Gasteiger partial charge in [-0.25, -0.2) is 0 Å². The van der Waals surface area contributed by atoms with Crippen LogP contribution in [-0.4, -0.2) is 31.8 Å². The highest BCUT2D eigenvalue weighted by atomic mass is 35.5. The predicted molar refractivity (Wildman–Crippen MR) is 104 cm³/mol. The van der Waals surface area contributed by atoms with Crippen LogP contribution in [0.25, 0.3) is 0 Å². The maximum absolute atomic E-state index is 12.1. The van der Waals surface area contributed by atoms with Gasteiger partial charge in [0.05, 0.1) is 23.4 Å². The fourth-order valence-corrected chi connectivity index (χ4v) is 2.97. The van der Waals surface area contributed by atoms with Gasteiger partial charge in [-0.3, -0.25) is 4.79 Å². The average Bonchev–Trinajstić information content (AvgIpc) is 3.15. The van der Waals surface area contributed by atoms with E-state index in [1.165, 1.54) is 0 Å². The molecule has 0 aliphatic carbocycles. The molecule has 26 heavy (non-hydrogen) atoms. The Hall–Kier alpha value is -1.95. The largest absolute Gasteiger partial charge is 0.491 e. The van der Waals surface area contributed by atoms with E-state index in [2.05, 4.69) is 10.6 Å². The van der Waals surface area contributed by atoms with Gasteiger partial charge in [0.1, 0.15) is 12.4 Å². The van der Waals surface area contributed by atoms with E-state index >= 15 is 0 Å². The molecule has 1 aliphatic heterocycles. The number of hydrogen-bond acceptors (Lipinski definition) is 4. The second-order valence-corrected chi connectivity index (χ2v) is 6.84. The fourth-order valence-electron chi connectivity index (χ4n) is 2.63. The van der Waals surface area contributed by atoms with Crippen molar-refractivity contribution < 1.29 is 14.3 Å². The zero-order valence-electron chi connectivity index (χ0n) is 14.1. The zero-order valence-corrected chi connectivity index (χ0v) is 15.6. The summed E-state index contributed by atoms with van der Waals surface area (Å²) in [6.07, 6.45) is 2.28. The maximum atomic E-state index is 12.1. The molecule has 0 saturated carbocycles. The number of carbonyl (C=O) groups excluding carboxylic acids is 1. The summed E-state index contributed by atoms with van der Waals surface area (Å²) < 4.78 is 11.3. The lowest BCUT2D eigenvalue weighted by atomic mass is 10.2. The van der Waals surface area contributed by atoms with Crippen LogP contribution in [0.2, 0.25) is 10.0 Å². The lowest BCUT2D eigenvalue weighted by molar-refractivity contribution is -0.114. The Labute approximate surface area is 162 Å². The number of halogens is 2. The van der Waals surface area contributed by atoms with Crippen LogP contribution in [0.5, 0.6) is 5.75 Å². The number of anilines is 2. The first-order valence-corrected chi connectivity index (χ1v) is 9.19. The predicted octanol–water partition coefficient (Wildman–Crippen LogP) is 4.60. The number of nitrogens with one attached hydrogen (secondary N) is 2. The molecule has 1 heterocycles. The van der Waals surface area contributed by atoms with Crippen molar-refractivity contribution in [2.45, 2.75) is 18.9 Å². The van der Waals surface area contributed by atoms with Crippen LogP contribution >= 0.6 is 23.2 Å². The van der Waals surface area contributed by atoms with E-state index in [-0.39, 0.29) is 18.6 Å². The Morgan fingerprint density at radius 1 is 1.23 bits per heavy atom. The molecule has 1 aliphatic rings. The monoisotopic (exact) mass is 394 g/mol. The van der Waals surface area contributed by atoms with E-state index in [4.69, 9.17) is 32.7 Å². The van der Waals surface area contributed by atoms with Gasteiger partial charge in [0.15, 0.2) is 0 Å². The summed E-state index contributed by atoms with van der Waals surface area (Å²) in [7, 11) is 0. The summed E-state index contributed by atoms with van der Waals surface area (Å²) in [5.41, 5.74) is 1.28. The van der Waals surface area contributed by atoms with Gasteiger partial charge in [-0.1, -0.05) is 29.3 Å². The molecule has 0 spiro atoms. The molecule has 0 bridgehead atoms. The lowest BCUT2D eigenvalue weighted by Crippen LogP contribution is -2.22. The summed E-state index contributed by atoms with van der Waals surface area (Å²) in [6.45, 7) is 1.44. The molecule has 1 unspecified atom stereocenters. The topological polar surface area (TPSA) is 59.6 Å². The average molecular weight is 395 g/mol. The molecule has 1 amide bonds. The van der Waals surface area contributed by atoms with E-state index in [1.807, 2.05) is 24.3 Å². The summed E-state index contributed by atoms with van der Waals surface area (Å²) in [6, 6.07) is 12.4. The summed E-state index contributed by atoms with van der Waals surface area (Å²) >= 11 is 12.0. The van der Waals surface area contributed by atoms with Crippen LogP contribution in [0.4, 0.5) is 11.4 Å². The molecular formula is C19H20Cl2N2O3. The minimum Gasteiger partial charge on any atom is -0.491 e. The normalized spacial score (nSPS) is 16.3. The van der Waals surface area contributed by atoms with Crippen molar-refractivity contribution in [3.8, 4) is 5.75 Å². The van der Waals surface area contributed by atoms with Crippen LogP contribution < -0.4 is 15.4 Å². The van der Waals surface area contributed by atoms with Gasteiger partial charge in [0, 0.05) is 23.4 Å². The Kier molecular flexibility index (Phi) is 6.61. The Morgan fingerprint density at radius 2 is 2.12 bits per heavy atom. The Bertz CT molecular complexity index is 764. The summed E-state index contributed by atoms with van der Waals surface area (Å²) in [5, 5.41) is 6.75. The molecule has 0 radical (unpaired) electrons. The molecule has 0 aromatic heterocycles. The van der Waals surface area contributed by atoms with Crippen molar-refractivity contribution >= 4 is 40.5 Å². The first-order chi connectivity index (χ1) is 12.6. The number of rotatable bonds is 7. The van der Waals surface area contributed by atoms with Gasteiger partial charge in [-0.05, 0) is 43.2 Å². The highest BCUT2D eigenvalue weighted by Crippen LogP contribution is 2.25. The second kappa shape index (κ2) is 9.12. The quantitative estimate of drug-likeness (QED) is 0.719. The fraction of sp³-hybridized carbons (Fsp3) is 0.316. The molecule has 1 saturated heterocycles. The zero-order chi connectivity index (χ0) is 18.4. The van der Waals surface area contributed by atoms with Crippen molar-refractivity contribution in [1.29, 1.82) is 0 Å². The molecule has 138 valence electrons. The number of amides is 1. The Balaban J connectivity index is 1.49. The third kappa shape index (κ3) is 5.53. The lowest BCUT2D eigenvalue weighted by Gasteiger charge is -2.13. The molecule has 1 atom stereocenters. The molecule has 3 rings (SSSR count). The first-order valence-electron chi connectivity index (χ1n) is 8.43. The highest BCUT2D eigenvalue weighted by Gasteiger charge is 2.16. The van der Waals surface area contributed by atoms with Gasteiger partial charge in [-0.15, -0.1) is 0 Å². The molecule has 2 aromatic rings. The van der Waals surface area contributed by atoms with Crippen LogP contribution in [0, 0.1) is 0 Å². The van der Waals surface area contributed by atoms with E-state index in [0.29, 0.717) is 22.3 Å². The minimum atomic E-state index is -0.222. The van der Waals surface area contributed by atoms with Gasteiger partial charge < -0.3 is 20.1 Å². The number of carbonyl (C=O) groups is 1. The molecule has 2 N–H and O–H groups in total. The smallest absolute Gasteiger partial charge is 0.243 e. The molecule has 5 nitrogen and oxygen atoms in total. The van der Waals surface area contributed by atoms with Gasteiger partial charge in [0.25, 0.3) is 0 Å². The highest BCUT2D eigenvalue weighted by molar-refractivity contribution is 6.35. The number of benzene rings is 2. The minimum absolute atomic E-state index is 0.0953. The van der Waals surface area contributed by atoms with E-state index in [1.54, 1.807) is 18.2 Å². The number of hydrogen-bond donors (Lipinski definition) is 2. The second-order valence-electron chi connectivity index (χ2n) is 6.00. The van der Waals surface area contributed by atoms with Crippen LogP contribution in [-0.2, 0) is 9.53 Å². The van der Waals surface area contributed by atoms with Crippen molar-refractivity contribution in [2.24, 2.45) is 0 Å². The SMILES string of the molecule is O=C(CNc1cccc(OCC2CCCO2)c1)Nc1cc(Cl)ccc1Cl. The van der Waals surface area contributed by atoms with Crippen molar-refractivity contribution in [3.05, 3.63) is 52.5 Å². The van der Waals surface area contributed by atoms with Gasteiger partial charge in [-0.2, -0.15) is 0 Å². The van der Waals surface area contributed by atoms with E-state index in [9.17, 15) is 4.79 Å². The maximum Gasteiger partial charge on any atom is 0.243 e. The van der Waals surface area contributed by atoms with Gasteiger partial charge >= 0.3 is 0 Å². The summed E-state index contributed by atoms with van der Waals surface area (Å²) in [4.78, 5) is 12.1. The number of ether oxygens (including phenoxy) is 2. The third-order valence-electron chi connectivity index (χ3n) is 3.95. The molecule has 1 fully saturated rings. The third-order valence-corrected chi connectivity index (χ3v) is 4.51. The van der Waals surface area contributed by atoms with Crippen molar-refractivity contribution in [2.75, 3.05) is 30.4 Å². The molecule has 7 heteroatoms. The van der Waals surface area contributed by atoms with Crippen LogP contribution in [0.15, 0.2) is 42.5 Å². The van der Waals surface area contributed by atoms with Crippen LogP contribution in [0.3, 0.4) is 0 Å². The molecular weight excluding hydrogens is 375 g/mol. The van der Waals surface area contributed by atoms with Crippen LogP contribution in [0.1, 0.15) is 12.8 Å². The van der Waals surface area contributed by atoms with Crippen molar-refractivity contribution in [3.63, 3.8) is 0 Å². The van der Waals surface area contributed by atoms with E-state index in [0.717, 1.165) is 30.9 Å². The van der Waals surface area contributed by atoms with Gasteiger partial charge in [0.2, 0.25) is 5.91 Å². The van der Waals surface area contributed by atoms with E-state index < -0.39 is 0 Å². The summed E-state index contributed by atoms with van der Waals surface area (Å²) in [5.74, 6) is 0.517. The Morgan fingerprint density at radius 3 is 2.92 bits per heavy atom.